The molecule has 1 saturated heterocycles. The highest BCUT2D eigenvalue weighted by Gasteiger charge is 2.20. The van der Waals surface area contributed by atoms with E-state index in [0.717, 1.165) is 50.6 Å². The van der Waals surface area contributed by atoms with Crippen LogP contribution in [0.3, 0.4) is 0 Å². The second-order valence-corrected chi connectivity index (χ2v) is 6.02. The minimum Gasteiger partial charge on any atom is -0.497 e. The third-order valence-electron chi connectivity index (χ3n) is 4.44. The Bertz CT molecular complexity index is 632. The minimum absolute atomic E-state index is 0.201. The summed E-state index contributed by atoms with van der Waals surface area (Å²) in [4.78, 5) is 16.8. The molecule has 0 spiro atoms. The standard InChI is InChI=1S/C18H24N4O2/c1-24-17-5-3-16(4-6-17)15-18(23)21-12-9-20(10-13-21)11-14-22-8-2-7-19-22/h2-8H,9-15H2,1H3. The monoisotopic (exact) mass is 328 g/mol. The van der Waals surface area contributed by atoms with Crippen LogP contribution in [0.4, 0.5) is 0 Å². The minimum atomic E-state index is 0.201. The number of ether oxygens (including phenoxy) is 1. The highest BCUT2D eigenvalue weighted by molar-refractivity contribution is 5.78. The van der Waals surface area contributed by atoms with E-state index in [0.29, 0.717) is 6.42 Å². The lowest BCUT2D eigenvalue weighted by molar-refractivity contribution is -0.132. The van der Waals surface area contributed by atoms with E-state index in [1.807, 2.05) is 46.1 Å². The molecule has 1 aromatic heterocycles. The molecule has 1 aromatic carbocycles. The van der Waals surface area contributed by atoms with Crippen molar-refractivity contribution in [3.8, 4) is 5.75 Å². The van der Waals surface area contributed by atoms with Gasteiger partial charge >= 0.3 is 0 Å². The molecule has 0 N–H and O–H groups in total. The summed E-state index contributed by atoms with van der Waals surface area (Å²) >= 11 is 0. The van der Waals surface area contributed by atoms with Crippen molar-refractivity contribution in [2.24, 2.45) is 0 Å². The number of benzene rings is 1. The molecule has 128 valence electrons. The number of piperazine rings is 1. The molecule has 0 bridgehead atoms. The lowest BCUT2D eigenvalue weighted by atomic mass is 10.1. The van der Waals surface area contributed by atoms with Gasteiger partial charge in [0.1, 0.15) is 5.75 Å². The zero-order valence-corrected chi connectivity index (χ0v) is 14.1. The molecule has 6 nitrogen and oxygen atoms in total. The SMILES string of the molecule is COc1ccc(CC(=O)N2CCN(CCn3cccn3)CC2)cc1. The molecule has 2 aromatic rings. The summed E-state index contributed by atoms with van der Waals surface area (Å²) in [5, 5.41) is 4.22. The van der Waals surface area contributed by atoms with Crippen molar-refractivity contribution in [3.63, 3.8) is 0 Å². The molecule has 0 saturated carbocycles. The second kappa shape index (κ2) is 7.97. The predicted molar refractivity (Wildman–Crippen MR) is 91.9 cm³/mol. The molecule has 3 rings (SSSR count). The number of rotatable bonds is 6. The first-order valence-electron chi connectivity index (χ1n) is 8.35. The van der Waals surface area contributed by atoms with Crippen LogP contribution in [0.1, 0.15) is 5.56 Å². The summed E-state index contributed by atoms with van der Waals surface area (Å²) in [6, 6.07) is 9.65. The number of carbonyl (C=O) groups is 1. The van der Waals surface area contributed by atoms with Gasteiger partial charge in [-0.1, -0.05) is 12.1 Å². The highest BCUT2D eigenvalue weighted by atomic mass is 16.5. The van der Waals surface area contributed by atoms with Crippen LogP contribution in [0, 0.1) is 0 Å². The molecule has 0 aliphatic carbocycles. The summed E-state index contributed by atoms with van der Waals surface area (Å²) in [7, 11) is 1.64. The van der Waals surface area contributed by atoms with E-state index in [1.54, 1.807) is 13.3 Å². The Labute approximate surface area is 142 Å². The van der Waals surface area contributed by atoms with E-state index in [4.69, 9.17) is 4.74 Å². The molecular formula is C18H24N4O2. The Kier molecular flexibility index (Phi) is 5.48. The Balaban J connectivity index is 1.42. The van der Waals surface area contributed by atoms with Gasteiger partial charge in [-0.15, -0.1) is 0 Å². The first kappa shape index (κ1) is 16.5. The number of carbonyl (C=O) groups excluding carboxylic acids is 1. The summed E-state index contributed by atoms with van der Waals surface area (Å²) in [5.74, 6) is 1.02. The Morgan fingerprint density at radius 2 is 1.88 bits per heavy atom. The van der Waals surface area contributed by atoms with Gasteiger partial charge in [-0.2, -0.15) is 5.10 Å². The number of hydrogen-bond donors (Lipinski definition) is 0. The summed E-state index contributed by atoms with van der Waals surface area (Å²) < 4.78 is 7.09. The number of methoxy groups -OCH3 is 1. The van der Waals surface area contributed by atoms with Gasteiger partial charge < -0.3 is 9.64 Å². The Morgan fingerprint density at radius 1 is 1.12 bits per heavy atom. The molecule has 0 unspecified atom stereocenters. The van der Waals surface area contributed by atoms with Crippen LogP contribution in [0.25, 0.3) is 0 Å². The summed E-state index contributed by atoms with van der Waals surface area (Å²) in [6.45, 7) is 5.32. The van der Waals surface area contributed by atoms with Crippen LogP contribution in [-0.4, -0.2) is 65.3 Å². The van der Waals surface area contributed by atoms with E-state index >= 15 is 0 Å². The van der Waals surface area contributed by atoms with Crippen molar-refractivity contribution in [2.45, 2.75) is 13.0 Å². The molecule has 2 heterocycles. The largest absolute Gasteiger partial charge is 0.497 e. The van der Waals surface area contributed by atoms with E-state index in [2.05, 4.69) is 10.00 Å². The van der Waals surface area contributed by atoms with Gasteiger partial charge in [0.15, 0.2) is 0 Å². The van der Waals surface area contributed by atoms with Gasteiger partial charge in [0, 0.05) is 45.1 Å². The molecule has 1 aliphatic heterocycles. The molecule has 6 heteroatoms. The Morgan fingerprint density at radius 3 is 2.50 bits per heavy atom. The van der Waals surface area contributed by atoms with Crippen molar-refractivity contribution >= 4 is 5.91 Å². The average Bonchev–Trinajstić information content (AvgIpc) is 3.14. The zero-order chi connectivity index (χ0) is 16.8. The smallest absolute Gasteiger partial charge is 0.227 e. The van der Waals surface area contributed by atoms with Crippen LogP contribution in [0.15, 0.2) is 42.7 Å². The normalized spacial score (nSPS) is 15.5. The number of aromatic nitrogens is 2. The van der Waals surface area contributed by atoms with Crippen molar-refractivity contribution in [1.29, 1.82) is 0 Å². The van der Waals surface area contributed by atoms with E-state index in [9.17, 15) is 4.79 Å². The fraction of sp³-hybridized carbons (Fsp3) is 0.444. The average molecular weight is 328 g/mol. The predicted octanol–water partition coefficient (Wildman–Crippen LogP) is 1.28. The molecule has 0 atom stereocenters. The van der Waals surface area contributed by atoms with Gasteiger partial charge in [-0.3, -0.25) is 14.4 Å². The van der Waals surface area contributed by atoms with E-state index in [1.165, 1.54) is 0 Å². The van der Waals surface area contributed by atoms with Gasteiger partial charge in [-0.05, 0) is 23.8 Å². The topological polar surface area (TPSA) is 50.6 Å². The van der Waals surface area contributed by atoms with Gasteiger partial charge in [0.25, 0.3) is 0 Å². The van der Waals surface area contributed by atoms with Crippen molar-refractivity contribution in [2.75, 3.05) is 39.8 Å². The second-order valence-electron chi connectivity index (χ2n) is 6.02. The van der Waals surface area contributed by atoms with Gasteiger partial charge in [-0.25, -0.2) is 0 Å². The lowest BCUT2D eigenvalue weighted by Gasteiger charge is -2.34. The maximum Gasteiger partial charge on any atom is 0.227 e. The third-order valence-corrected chi connectivity index (χ3v) is 4.44. The molecule has 1 fully saturated rings. The first-order chi connectivity index (χ1) is 11.7. The molecule has 0 radical (unpaired) electrons. The number of hydrogen-bond acceptors (Lipinski definition) is 4. The van der Waals surface area contributed by atoms with Crippen LogP contribution in [0.5, 0.6) is 5.75 Å². The van der Waals surface area contributed by atoms with Gasteiger partial charge in [0.2, 0.25) is 5.91 Å². The van der Waals surface area contributed by atoms with Crippen molar-refractivity contribution in [3.05, 3.63) is 48.3 Å². The number of amides is 1. The van der Waals surface area contributed by atoms with Crippen LogP contribution in [-0.2, 0) is 17.8 Å². The Hall–Kier alpha value is -2.34. The highest BCUT2D eigenvalue weighted by Crippen LogP contribution is 2.13. The van der Waals surface area contributed by atoms with Crippen LogP contribution >= 0.6 is 0 Å². The third kappa shape index (κ3) is 4.35. The molecule has 24 heavy (non-hydrogen) atoms. The summed E-state index contributed by atoms with van der Waals surface area (Å²) in [5.41, 5.74) is 1.03. The molecular weight excluding hydrogens is 304 g/mol. The molecule has 1 aliphatic rings. The van der Waals surface area contributed by atoms with Crippen LogP contribution < -0.4 is 4.74 Å². The van der Waals surface area contributed by atoms with Crippen LogP contribution in [0.2, 0.25) is 0 Å². The fourth-order valence-electron chi connectivity index (χ4n) is 2.93. The maximum atomic E-state index is 12.4. The fourth-order valence-corrected chi connectivity index (χ4v) is 2.93. The molecule has 1 amide bonds. The van der Waals surface area contributed by atoms with Crippen molar-refractivity contribution < 1.29 is 9.53 Å². The maximum absolute atomic E-state index is 12.4. The summed E-state index contributed by atoms with van der Waals surface area (Å²) in [6.07, 6.45) is 4.24. The lowest BCUT2D eigenvalue weighted by Crippen LogP contribution is -2.49. The van der Waals surface area contributed by atoms with E-state index < -0.39 is 0 Å². The quantitative estimate of drug-likeness (QED) is 0.801. The first-order valence-corrected chi connectivity index (χ1v) is 8.35. The zero-order valence-electron chi connectivity index (χ0n) is 14.1. The number of nitrogens with zero attached hydrogens (tertiary/aromatic N) is 4. The van der Waals surface area contributed by atoms with Gasteiger partial charge in [0.05, 0.1) is 20.1 Å². The van der Waals surface area contributed by atoms with Crippen molar-refractivity contribution in [1.82, 2.24) is 19.6 Å². The van der Waals surface area contributed by atoms with E-state index in [-0.39, 0.29) is 5.91 Å².